The topological polar surface area (TPSA) is 32.8 Å². The molecule has 0 aromatic heterocycles. The Morgan fingerprint density at radius 2 is 1.77 bits per heavy atom. The first-order chi connectivity index (χ1) is 12.5. The van der Waals surface area contributed by atoms with E-state index in [9.17, 15) is 9.18 Å². The minimum Gasteiger partial charge on any atom is -0.484 e. The molecule has 0 atom stereocenters. The third-order valence-electron chi connectivity index (χ3n) is 4.51. The Morgan fingerprint density at radius 3 is 2.42 bits per heavy atom. The van der Waals surface area contributed by atoms with Gasteiger partial charge in [0.15, 0.2) is 6.61 Å². The molecule has 1 saturated heterocycles. The van der Waals surface area contributed by atoms with Gasteiger partial charge in [-0.2, -0.15) is 0 Å². The molecule has 0 spiro atoms. The molecule has 2 aromatic rings. The summed E-state index contributed by atoms with van der Waals surface area (Å²) in [5.41, 5.74) is 1.65. The van der Waals surface area contributed by atoms with Crippen LogP contribution in [-0.4, -0.2) is 61.8 Å². The largest absolute Gasteiger partial charge is 0.484 e. The van der Waals surface area contributed by atoms with E-state index >= 15 is 0 Å². The van der Waals surface area contributed by atoms with Gasteiger partial charge >= 0.3 is 0 Å². The number of likely N-dealkylation sites (N-methyl/N-ethyl adjacent to an activating group) is 1. The Labute approximate surface area is 157 Å². The second-order valence-electron chi connectivity index (χ2n) is 6.38. The number of ether oxygens (including phenoxy) is 1. The molecule has 0 bridgehead atoms. The van der Waals surface area contributed by atoms with Crippen molar-refractivity contribution in [3.8, 4) is 16.9 Å². The van der Waals surface area contributed by atoms with Crippen LogP contribution in [-0.2, 0) is 4.79 Å². The van der Waals surface area contributed by atoms with Gasteiger partial charge in [0, 0.05) is 37.1 Å². The zero-order chi connectivity index (χ0) is 18.5. The Kier molecular flexibility index (Phi) is 6.16. The van der Waals surface area contributed by atoms with E-state index in [0.29, 0.717) is 18.8 Å². The van der Waals surface area contributed by atoms with Gasteiger partial charge in [-0.1, -0.05) is 12.1 Å². The smallest absolute Gasteiger partial charge is 0.260 e. The van der Waals surface area contributed by atoms with Crippen LogP contribution >= 0.6 is 11.8 Å². The van der Waals surface area contributed by atoms with Crippen molar-refractivity contribution in [1.82, 2.24) is 9.80 Å². The van der Waals surface area contributed by atoms with Crippen LogP contribution in [0.4, 0.5) is 4.39 Å². The second-order valence-corrected chi connectivity index (χ2v) is 7.26. The summed E-state index contributed by atoms with van der Waals surface area (Å²) in [6.07, 6.45) is 2.01. The summed E-state index contributed by atoms with van der Waals surface area (Å²) in [4.78, 5) is 17.4. The van der Waals surface area contributed by atoms with Crippen LogP contribution in [0.25, 0.3) is 11.1 Å². The van der Waals surface area contributed by atoms with Gasteiger partial charge in [0.1, 0.15) is 11.6 Å². The number of thioether (sulfide) groups is 1. The molecule has 0 N–H and O–H groups in total. The van der Waals surface area contributed by atoms with E-state index in [1.165, 1.54) is 12.1 Å². The molecule has 1 amide bonds. The molecular weight excluding hydrogens is 351 g/mol. The number of halogens is 1. The summed E-state index contributed by atoms with van der Waals surface area (Å²) in [6, 6.07) is 12.5. The standard InChI is InChI=1S/C20H23FN2O2S/c1-22-7-9-23(10-8-22)20(24)14-25-18-12-16(11-17(21)13-18)15-3-5-19(26-2)6-4-15/h3-6,11-13H,7-10,14H2,1-2H3. The number of nitrogens with zero attached hydrogens (tertiary/aromatic N) is 2. The van der Waals surface area contributed by atoms with Gasteiger partial charge in [0.05, 0.1) is 0 Å². The lowest BCUT2D eigenvalue weighted by molar-refractivity contribution is -0.134. The highest BCUT2D eigenvalue weighted by molar-refractivity contribution is 7.98. The fourth-order valence-electron chi connectivity index (χ4n) is 2.89. The Morgan fingerprint density at radius 1 is 1.08 bits per heavy atom. The van der Waals surface area contributed by atoms with Crippen LogP contribution < -0.4 is 4.74 Å². The molecule has 138 valence electrons. The summed E-state index contributed by atoms with van der Waals surface area (Å²) in [7, 11) is 2.04. The molecule has 1 aliphatic heterocycles. The average molecular weight is 374 g/mol. The molecule has 2 aromatic carbocycles. The van der Waals surface area contributed by atoms with Gasteiger partial charge < -0.3 is 14.5 Å². The number of piperazine rings is 1. The zero-order valence-corrected chi connectivity index (χ0v) is 15.9. The summed E-state index contributed by atoms with van der Waals surface area (Å²) in [5.74, 6) is -0.0665. The maximum absolute atomic E-state index is 14.0. The van der Waals surface area contributed by atoms with Gasteiger partial charge in [-0.15, -0.1) is 11.8 Å². The van der Waals surface area contributed by atoms with E-state index in [1.807, 2.05) is 37.6 Å². The Bertz CT molecular complexity index is 759. The van der Waals surface area contributed by atoms with Crippen molar-refractivity contribution in [2.24, 2.45) is 0 Å². The molecule has 3 rings (SSSR count). The lowest BCUT2D eigenvalue weighted by Crippen LogP contribution is -2.48. The summed E-state index contributed by atoms with van der Waals surface area (Å²) < 4.78 is 19.6. The average Bonchev–Trinajstić information content (AvgIpc) is 2.66. The molecule has 0 saturated carbocycles. The fourth-order valence-corrected chi connectivity index (χ4v) is 3.30. The zero-order valence-electron chi connectivity index (χ0n) is 15.1. The predicted octanol–water partition coefficient (Wildman–Crippen LogP) is 3.37. The molecule has 1 heterocycles. The Hall–Kier alpha value is -2.05. The number of rotatable bonds is 5. The van der Waals surface area contributed by atoms with Gasteiger partial charge in [-0.3, -0.25) is 4.79 Å². The van der Waals surface area contributed by atoms with Crippen molar-refractivity contribution >= 4 is 17.7 Å². The van der Waals surface area contributed by atoms with Crippen molar-refractivity contribution in [1.29, 1.82) is 0 Å². The number of hydrogen-bond donors (Lipinski definition) is 0. The summed E-state index contributed by atoms with van der Waals surface area (Å²) in [5, 5.41) is 0. The molecule has 1 aliphatic rings. The van der Waals surface area contributed by atoms with Crippen molar-refractivity contribution in [3.05, 3.63) is 48.3 Å². The summed E-state index contributed by atoms with van der Waals surface area (Å²) >= 11 is 1.66. The molecule has 0 aliphatic carbocycles. The minimum atomic E-state index is -0.376. The number of carbonyl (C=O) groups excluding carboxylic acids is 1. The highest BCUT2D eigenvalue weighted by Gasteiger charge is 2.19. The fraction of sp³-hybridized carbons (Fsp3) is 0.350. The SMILES string of the molecule is CSc1ccc(-c2cc(F)cc(OCC(=O)N3CCN(C)CC3)c2)cc1. The number of carbonyl (C=O) groups is 1. The first-order valence-corrected chi connectivity index (χ1v) is 9.82. The molecule has 26 heavy (non-hydrogen) atoms. The van der Waals surface area contributed by atoms with Crippen molar-refractivity contribution in [2.75, 3.05) is 46.1 Å². The number of amides is 1. The van der Waals surface area contributed by atoms with Crippen LogP contribution in [0.2, 0.25) is 0 Å². The van der Waals surface area contributed by atoms with E-state index in [-0.39, 0.29) is 18.3 Å². The number of hydrogen-bond acceptors (Lipinski definition) is 4. The molecule has 0 radical (unpaired) electrons. The molecular formula is C20H23FN2O2S. The minimum absolute atomic E-state index is 0.0618. The van der Waals surface area contributed by atoms with E-state index in [1.54, 1.807) is 22.7 Å². The predicted molar refractivity (Wildman–Crippen MR) is 103 cm³/mol. The normalized spacial score (nSPS) is 15.1. The van der Waals surface area contributed by atoms with Gasteiger partial charge in [-0.25, -0.2) is 4.39 Å². The maximum Gasteiger partial charge on any atom is 0.260 e. The van der Waals surface area contributed by atoms with Gasteiger partial charge in [0.2, 0.25) is 0 Å². The third kappa shape index (κ3) is 4.77. The quantitative estimate of drug-likeness (QED) is 0.752. The van der Waals surface area contributed by atoms with E-state index < -0.39 is 0 Å². The molecule has 6 heteroatoms. The van der Waals surface area contributed by atoms with Crippen molar-refractivity contribution in [2.45, 2.75) is 4.90 Å². The van der Waals surface area contributed by atoms with E-state index in [0.717, 1.165) is 29.1 Å². The van der Waals surface area contributed by atoms with Crippen LogP contribution in [0.15, 0.2) is 47.4 Å². The highest BCUT2D eigenvalue weighted by Crippen LogP contribution is 2.27. The van der Waals surface area contributed by atoms with Gasteiger partial charge in [-0.05, 0) is 48.7 Å². The van der Waals surface area contributed by atoms with Crippen molar-refractivity contribution < 1.29 is 13.9 Å². The van der Waals surface area contributed by atoms with Gasteiger partial charge in [0.25, 0.3) is 5.91 Å². The first-order valence-electron chi connectivity index (χ1n) is 8.59. The first kappa shape index (κ1) is 18.7. The van der Waals surface area contributed by atoms with Crippen LogP contribution in [0.1, 0.15) is 0 Å². The molecule has 1 fully saturated rings. The third-order valence-corrected chi connectivity index (χ3v) is 5.26. The molecule has 0 unspecified atom stereocenters. The highest BCUT2D eigenvalue weighted by atomic mass is 32.2. The van der Waals surface area contributed by atoms with Crippen LogP contribution in [0.3, 0.4) is 0 Å². The lowest BCUT2D eigenvalue weighted by Gasteiger charge is -2.32. The van der Waals surface area contributed by atoms with Crippen LogP contribution in [0, 0.1) is 5.82 Å². The van der Waals surface area contributed by atoms with Crippen molar-refractivity contribution in [3.63, 3.8) is 0 Å². The monoisotopic (exact) mass is 374 g/mol. The van der Waals surface area contributed by atoms with Crippen LogP contribution in [0.5, 0.6) is 5.75 Å². The number of benzene rings is 2. The van der Waals surface area contributed by atoms with E-state index in [2.05, 4.69) is 4.90 Å². The second kappa shape index (κ2) is 8.56. The van der Waals surface area contributed by atoms with E-state index in [4.69, 9.17) is 4.74 Å². The molecule has 4 nitrogen and oxygen atoms in total. The lowest BCUT2D eigenvalue weighted by atomic mass is 10.1. The maximum atomic E-state index is 14.0. The Balaban J connectivity index is 1.66. The summed E-state index contributed by atoms with van der Waals surface area (Å²) in [6.45, 7) is 3.06.